The molecule has 0 bridgehead atoms. The van der Waals surface area contributed by atoms with E-state index < -0.39 is 23.3 Å². The molecule has 0 fully saturated rings. The molecule has 11 heteroatoms. The molecule has 10 nitrogen and oxygen atoms in total. The molecular weight excluding hydrogens is 481 g/mol. The summed E-state index contributed by atoms with van der Waals surface area (Å²) in [5.41, 5.74) is 0.428. The fourth-order valence-electron chi connectivity index (χ4n) is 4.17. The van der Waals surface area contributed by atoms with E-state index in [1.54, 1.807) is 37.3 Å². The van der Waals surface area contributed by atoms with E-state index in [0.29, 0.717) is 17.1 Å². The van der Waals surface area contributed by atoms with E-state index >= 15 is 0 Å². The molecule has 3 amide bonds. The fourth-order valence-corrected chi connectivity index (χ4v) is 4.17. The highest BCUT2D eigenvalue weighted by Gasteiger charge is 2.46. The van der Waals surface area contributed by atoms with Crippen molar-refractivity contribution < 1.29 is 28.2 Å². The van der Waals surface area contributed by atoms with Crippen LogP contribution >= 0.6 is 0 Å². The maximum atomic E-state index is 13.2. The summed E-state index contributed by atoms with van der Waals surface area (Å²) in [5.74, 6) is -0.638. The monoisotopic (exact) mass is 509 g/mol. The molecule has 2 heterocycles. The number of hydrogen-bond acceptors (Lipinski definition) is 6. The number of hydrogen-bond donors (Lipinski definition) is 2. The van der Waals surface area contributed by atoms with E-state index in [2.05, 4.69) is 15.7 Å². The molecule has 0 saturated carbocycles. The third kappa shape index (κ3) is 4.97. The summed E-state index contributed by atoms with van der Waals surface area (Å²) in [6, 6.07) is 12.5. The number of amides is 3. The summed E-state index contributed by atoms with van der Waals surface area (Å²) in [6.45, 7) is 2.00. The number of methoxy groups -OCH3 is 2. The molecule has 0 spiro atoms. The number of carbonyl (C=O) groups is 3. The SMILES string of the molecule is COc1cccc(CNC(=O)c2cc3n(n2)CC(C)(C(=O)NCc2ccc(F)cc2)N(C)C3=O)c1OC. The lowest BCUT2D eigenvalue weighted by Gasteiger charge is -2.40. The molecule has 0 aliphatic carbocycles. The fraction of sp³-hybridized carbons (Fsp3) is 0.308. The third-order valence-corrected chi connectivity index (χ3v) is 6.51. The van der Waals surface area contributed by atoms with Crippen molar-refractivity contribution in [1.29, 1.82) is 0 Å². The van der Waals surface area contributed by atoms with E-state index in [0.717, 1.165) is 5.56 Å². The number of para-hydroxylation sites is 1. The number of carbonyl (C=O) groups excluding carboxylic acids is 3. The predicted molar refractivity (Wildman–Crippen MR) is 132 cm³/mol. The highest BCUT2D eigenvalue weighted by Crippen LogP contribution is 2.31. The molecule has 1 aliphatic heterocycles. The van der Waals surface area contributed by atoms with Crippen LogP contribution < -0.4 is 20.1 Å². The molecule has 2 aromatic carbocycles. The summed E-state index contributed by atoms with van der Waals surface area (Å²) in [7, 11) is 4.58. The lowest BCUT2D eigenvalue weighted by molar-refractivity contribution is -0.132. The number of fused-ring (bicyclic) bond motifs is 1. The van der Waals surface area contributed by atoms with Gasteiger partial charge in [0.15, 0.2) is 17.2 Å². The zero-order valence-electron chi connectivity index (χ0n) is 21.0. The number of nitrogens with one attached hydrogen (secondary N) is 2. The Morgan fingerprint density at radius 1 is 1.08 bits per heavy atom. The van der Waals surface area contributed by atoms with Crippen LogP contribution in [0.3, 0.4) is 0 Å². The molecule has 1 atom stereocenters. The number of ether oxygens (including phenoxy) is 2. The molecule has 37 heavy (non-hydrogen) atoms. The Hall–Kier alpha value is -4.41. The van der Waals surface area contributed by atoms with E-state index in [1.165, 1.54) is 49.0 Å². The maximum Gasteiger partial charge on any atom is 0.272 e. The molecular formula is C26H28FN5O5. The smallest absolute Gasteiger partial charge is 0.272 e. The average Bonchev–Trinajstić information content (AvgIpc) is 3.33. The summed E-state index contributed by atoms with van der Waals surface area (Å²) in [6.07, 6.45) is 0. The van der Waals surface area contributed by atoms with Crippen LogP contribution in [0.15, 0.2) is 48.5 Å². The van der Waals surface area contributed by atoms with Crippen molar-refractivity contribution in [1.82, 2.24) is 25.3 Å². The van der Waals surface area contributed by atoms with Gasteiger partial charge in [-0.15, -0.1) is 0 Å². The zero-order valence-corrected chi connectivity index (χ0v) is 21.0. The molecule has 0 radical (unpaired) electrons. The Balaban J connectivity index is 1.47. The quantitative estimate of drug-likeness (QED) is 0.481. The Morgan fingerprint density at radius 3 is 2.49 bits per heavy atom. The number of likely N-dealkylation sites (N-methyl/N-ethyl adjacent to an activating group) is 1. The van der Waals surface area contributed by atoms with Crippen LogP contribution in [0.5, 0.6) is 11.5 Å². The van der Waals surface area contributed by atoms with Gasteiger partial charge in [0.1, 0.15) is 17.1 Å². The van der Waals surface area contributed by atoms with Gasteiger partial charge >= 0.3 is 0 Å². The van der Waals surface area contributed by atoms with Gasteiger partial charge in [0.25, 0.3) is 11.8 Å². The second kappa shape index (κ2) is 10.3. The third-order valence-electron chi connectivity index (χ3n) is 6.51. The first kappa shape index (κ1) is 25.7. The van der Waals surface area contributed by atoms with Crippen molar-refractivity contribution in [3.63, 3.8) is 0 Å². The summed E-state index contributed by atoms with van der Waals surface area (Å²) < 4.78 is 25.2. The van der Waals surface area contributed by atoms with Crippen LogP contribution in [0.25, 0.3) is 0 Å². The topological polar surface area (TPSA) is 115 Å². The first-order chi connectivity index (χ1) is 17.7. The summed E-state index contributed by atoms with van der Waals surface area (Å²) >= 11 is 0. The second-order valence-corrected chi connectivity index (χ2v) is 8.85. The van der Waals surface area contributed by atoms with Gasteiger partial charge in [-0.05, 0) is 30.7 Å². The van der Waals surface area contributed by atoms with Crippen molar-refractivity contribution in [3.8, 4) is 11.5 Å². The van der Waals surface area contributed by atoms with Crippen molar-refractivity contribution in [2.75, 3.05) is 21.3 Å². The first-order valence-corrected chi connectivity index (χ1v) is 11.5. The molecule has 1 unspecified atom stereocenters. The van der Waals surface area contributed by atoms with E-state index in [9.17, 15) is 18.8 Å². The van der Waals surface area contributed by atoms with Gasteiger partial charge in [-0.1, -0.05) is 24.3 Å². The van der Waals surface area contributed by atoms with Crippen molar-refractivity contribution in [2.45, 2.75) is 32.1 Å². The van der Waals surface area contributed by atoms with Crippen LogP contribution in [-0.4, -0.2) is 59.2 Å². The minimum absolute atomic E-state index is 0.0505. The van der Waals surface area contributed by atoms with Gasteiger partial charge in [0.2, 0.25) is 5.91 Å². The Morgan fingerprint density at radius 2 is 1.81 bits per heavy atom. The van der Waals surface area contributed by atoms with Gasteiger partial charge in [-0.2, -0.15) is 5.10 Å². The predicted octanol–water partition coefficient (Wildman–Crippen LogP) is 2.13. The summed E-state index contributed by atoms with van der Waals surface area (Å²) in [5, 5.41) is 9.89. The second-order valence-electron chi connectivity index (χ2n) is 8.85. The first-order valence-electron chi connectivity index (χ1n) is 11.5. The van der Waals surface area contributed by atoms with Crippen molar-refractivity contribution in [3.05, 3.63) is 76.9 Å². The maximum absolute atomic E-state index is 13.2. The lowest BCUT2D eigenvalue weighted by atomic mass is 9.96. The zero-order chi connectivity index (χ0) is 26.7. The number of aromatic nitrogens is 2. The van der Waals surface area contributed by atoms with Gasteiger partial charge in [0, 0.05) is 31.8 Å². The van der Waals surface area contributed by atoms with Gasteiger partial charge in [0.05, 0.1) is 20.8 Å². The standard InChI is InChI=1S/C26H28FN5O5/c1-26(25(35)29-13-16-8-10-18(27)11-9-16)15-32-20(24(34)31(26)2)12-19(30-32)23(33)28-14-17-6-5-7-21(36-3)22(17)37-4/h5-12H,13-15H2,1-4H3,(H,28,33)(H,29,35). The molecule has 194 valence electrons. The number of benzene rings is 2. The molecule has 0 saturated heterocycles. The molecule has 2 N–H and O–H groups in total. The summed E-state index contributed by atoms with van der Waals surface area (Å²) in [4.78, 5) is 40.4. The van der Waals surface area contributed by atoms with Crippen LogP contribution in [0, 0.1) is 5.82 Å². The van der Waals surface area contributed by atoms with E-state index in [-0.39, 0.29) is 36.8 Å². The van der Waals surface area contributed by atoms with Crippen LogP contribution in [0.2, 0.25) is 0 Å². The highest BCUT2D eigenvalue weighted by atomic mass is 19.1. The van der Waals surface area contributed by atoms with Crippen molar-refractivity contribution >= 4 is 17.7 Å². The van der Waals surface area contributed by atoms with E-state index in [1.807, 2.05) is 0 Å². The Labute approximate surface area is 213 Å². The van der Waals surface area contributed by atoms with Crippen LogP contribution in [0.1, 0.15) is 39.0 Å². The minimum atomic E-state index is -1.25. The molecule has 1 aliphatic rings. The Kier molecular flexibility index (Phi) is 7.14. The largest absolute Gasteiger partial charge is 0.493 e. The van der Waals surface area contributed by atoms with Gasteiger partial charge in [-0.25, -0.2) is 4.39 Å². The average molecular weight is 510 g/mol. The van der Waals surface area contributed by atoms with Crippen molar-refractivity contribution in [2.24, 2.45) is 0 Å². The van der Waals surface area contributed by atoms with Crippen LogP contribution in [-0.2, 0) is 24.4 Å². The molecule has 4 rings (SSSR count). The van der Waals surface area contributed by atoms with Gasteiger partial charge in [-0.3, -0.25) is 19.1 Å². The number of halogens is 1. The Bertz CT molecular complexity index is 1340. The number of nitrogens with zero attached hydrogens (tertiary/aromatic N) is 3. The molecule has 3 aromatic rings. The van der Waals surface area contributed by atoms with E-state index in [4.69, 9.17) is 9.47 Å². The lowest BCUT2D eigenvalue weighted by Crippen LogP contribution is -2.62. The van der Waals surface area contributed by atoms with Gasteiger partial charge < -0.3 is 25.0 Å². The number of rotatable bonds is 8. The van der Waals surface area contributed by atoms with Crippen LogP contribution in [0.4, 0.5) is 4.39 Å². The normalized spacial score (nSPS) is 16.7. The molecule has 1 aromatic heterocycles. The highest BCUT2D eigenvalue weighted by molar-refractivity contribution is 6.01. The minimum Gasteiger partial charge on any atom is -0.493 e.